The number of carbonyl (C=O) groups is 1. The second kappa shape index (κ2) is 6.34. The number of fused-ring (bicyclic) bond motifs is 1. The molecule has 0 saturated heterocycles. The number of hydrogen-bond donors (Lipinski definition) is 1. The highest BCUT2D eigenvalue weighted by molar-refractivity contribution is 6.36. The zero-order valence-corrected chi connectivity index (χ0v) is 14.6. The summed E-state index contributed by atoms with van der Waals surface area (Å²) in [7, 11) is 1.53. The number of benzene rings is 3. The minimum Gasteiger partial charge on any atom is -0.496 e. The van der Waals surface area contributed by atoms with E-state index in [4.69, 9.17) is 27.9 Å². The maximum atomic E-state index is 12.0. The molecular weight excluding hydrogens is 347 g/mol. The monoisotopic (exact) mass is 360 g/mol. The number of halogens is 2. The van der Waals surface area contributed by atoms with E-state index in [0.29, 0.717) is 32.5 Å². The van der Waals surface area contributed by atoms with Gasteiger partial charge in [0, 0.05) is 32.1 Å². The van der Waals surface area contributed by atoms with Gasteiger partial charge >= 0.3 is 5.97 Å². The van der Waals surface area contributed by atoms with Crippen LogP contribution in [-0.4, -0.2) is 18.2 Å². The molecule has 0 atom stereocenters. The highest BCUT2D eigenvalue weighted by atomic mass is 35.5. The summed E-state index contributed by atoms with van der Waals surface area (Å²) in [4.78, 5) is 12.0. The second-order valence-electron chi connectivity index (χ2n) is 5.38. The molecule has 0 aliphatic rings. The Morgan fingerprint density at radius 3 is 2.38 bits per heavy atom. The van der Waals surface area contributed by atoms with Gasteiger partial charge in [0.15, 0.2) is 0 Å². The van der Waals surface area contributed by atoms with Gasteiger partial charge in [-0.15, -0.1) is 0 Å². The van der Waals surface area contributed by atoms with Gasteiger partial charge in [-0.2, -0.15) is 0 Å². The summed E-state index contributed by atoms with van der Waals surface area (Å²) in [5.74, 6) is -0.493. The maximum Gasteiger partial charge on any atom is 0.336 e. The average molecular weight is 361 g/mol. The standard InChI is InChI=1S/C19H14Cl2O3/c1-10-16(19(22)23)17(14-9-11(20)7-8-15(14)21)12-5-3-4-6-13(12)18(10)24-2/h3-9H,1-2H3,(H,22,23). The van der Waals surface area contributed by atoms with Crippen molar-refractivity contribution in [2.24, 2.45) is 0 Å². The molecule has 5 heteroatoms. The van der Waals surface area contributed by atoms with Crippen LogP contribution in [-0.2, 0) is 0 Å². The first-order chi connectivity index (χ1) is 11.5. The van der Waals surface area contributed by atoms with Gasteiger partial charge < -0.3 is 9.84 Å². The highest BCUT2D eigenvalue weighted by Crippen LogP contribution is 2.43. The van der Waals surface area contributed by atoms with Crippen LogP contribution in [0.3, 0.4) is 0 Å². The molecule has 1 N–H and O–H groups in total. The van der Waals surface area contributed by atoms with Crippen molar-refractivity contribution in [2.45, 2.75) is 6.92 Å². The molecule has 0 heterocycles. The first-order valence-electron chi connectivity index (χ1n) is 7.23. The fourth-order valence-corrected chi connectivity index (χ4v) is 3.42. The quantitative estimate of drug-likeness (QED) is 0.639. The van der Waals surface area contributed by atoms with E-state index in [2.05, 4.69) is 0 Å². The Bertz CT molecular complexity index is 964. The van der Waals surface area contributed by atoms with Crippen LogP contribution in [0.2, 0.25) is 10.0 Å². The van der Waals surface area contributed by atoms with E-state index in [9.17, 15) is 9.90 Å². The van der Waals surface area contributed by atoms with E-state index in [1.54, 1.807) is 25.1 Å². The number of methoxy groups -OCH3 is 1. The molecule has 3 aromatic carbocycles. The molecule has 0 aromatic heterocycles. The lowest BCUT2D eigenvalue weighted by Crippen LogP contribution is -2.06. The SMILES string of the molecule is COc1c(C)c(C(=O)O)c(-c2cc(Cl)ccc2Cl)c2ccccc12. The lowest BCUT2D eigenvalue weighted by Gasteiger charge is -2.18. The van der Waals surface area contributed by atoms with Crippen LogP contribution in [0.5, 0.6) is 5.75 Å². The highest BCUT2D eigenvalue weighted by Gasteiger charge is 2.24. The van der Waals surface area contributed by atoms with Crippen molar-refractivity contribution >= 4 is 39.9 Å². The second-order valence-corrected chi connectivity index (χ2v) is 6.23. The molecule has 3 nitrogen and oxygen atoms in total. The minimum absolute atomic E-state index is 0.162. The number of hydrogen-bond acceptors (Lipinski definition) is 2. The minimum atomic E-state index is -1.04. The zero-order chi connectivity index (χ0) is 17.4. The Labute approximate surface area is 149 Å². The van der Waals surface area contributed by atoms with Crippen LogP contribution >= 0.6 is 23.2 Å². The van der Waals surface area contributed by atoms with Crippen LogP contribution in [0.15, 0.2) is 42.5 Å². The Morgan fingerprint density at radius 1 is 1.08 bits per heavy atom. The molecule has 0 spiro atoms. The molecule has 0 aliphatic heterocycles. The predicted molar refractivity (Wildman–Crippen MR) is 97.7 cm³/mol. The third-order valence-electron chi connectivity index (χ3n) is 4.02. The van der Waals surface area contributed by atoms with Crippen LogP contribution in [0.25, 0.3) is 21.9 Å². The van der Waals surface area contributed by atoms with Gasteiger partial charge in [-0.1, -0.05) is 47.5 Å². The zero-order valence-electron chi connectivity index (χ0n) is 13.1. The Hall–Kier alpha value is -2.23. The van der Waals surface area contributed by atoms with Gasteiger partial charge in [-0.3, -0.25) is 0 Å². The molecule has 0 bridgehead atoms. The molecule has 0 radical (unpaired) electrons. The fraction of sp³-hybridized carbons (Fsp3) is 0.105. The molecule has 0 saturated carbocycles. The molecule has 122 valence electrons. The van der Waals surface area contributed by atoms with Gasteiger partial charge in [-0.05, 0) is 30.5 Å². The fourth-order valence-electron chi connectivity index (χ4n) is 3.04. The van der Waals surface area contributed by atoms with Gasteiger partial charge in [0.2, 0.25) is 0 Å². The van der Waals surface area contributed by atoms with Crippen molar-refractivity contribution in [1.29, 1.82) is 0 Å². The maximum absolute atomic E-state index is 12.0. The number of rotatable bonds is 3. The first-order valence-corrected chi connectivity index (χ1v) is 7.99. The van der Waals surface area contributed by atoms with Crippen LogP contribution in [0.4, 0.5) is 0 Å². The number of aromatic carboxylic acids is 1. The normalized spacial score (nSPS) is 10.8. The van der Waals surface area contributed by atoms with E-state index in [-0.39, 0.29) is 5.56 Å². The van der Waals surface area contributed by atoms with E-state index in [1.807, 2.05) is 24.3 Å². The molecule has 24 heavy (non-hydrogen) atoms. The third-order valence-corrected chi connectivity index (χ3v) is 4.59. The molecule has 0 amide bonds. The van der Waals surface area contributed by atoms with Gasteiger partial charge in [0.05, 0.1) is 12.7 Å². The van der Waals surface area contributed by atoms with Gasteiger partial charge in [0.1, 0.15) is 5.75 Å². The average Bonchev–Trinajstić information content (AvgIpc) is 2.56. The summed E-state index contributed by atoms with van der Waals surface area (Å²) in [5, 5.41) is 12.3. The van der Waals surface area contributed by atoms with Crippen LogP contribution < -0.4 is 4.74 Å². The predicted octanol–water partition coefficient (Wildman–Crippen LogP) is 5.83. The largest absolute Gasteiger partial charge is 0.496 e. The van der Waals surface area contributed by atoms with E-state index < -0.39 is 5.97 Å². The number of ether oxygens (including phenoxy) is 1. The first kappa shape index (κ1) is 16.6. The van der Waals surface area contributed by atoms with Crippen molar-refractivity contribution in [2.75, 3.05) is 7.11 Å². The van der Waals surface area contributed by atoms with Crippen molar-refractivity contribution in [3.8, 4) is 16.9 Å². The van der Waals surface area contributed by atoms with E-state index in [1.165, 1.54) is 7.11 Å². The summed E-state index contributed by atoms with van der Waals surface area (Å²) in [6, 6.07) is 12.5. The third kappa shape index (κ3) is 2.60. The summed E-state index contributed by atoms with van der Waals surface area (Å²) >= 11 is 12.5. The molecule has 0 aliphatic carbocycles. The lowest BCUT2D eigenvalue weighted by molar-refractivity contribution is 0.0696. The molecule has 3 rings (SSSR count). The molecule has 3 aromatic rings. The van der Waals surface area contributed by atoms with Gasteiger partial charge in [0.25, 0.3) is 0 Å². The number of carboxylic acids is 1. The Balaban J connectivity index is 2.57. The lowest BCUT2D eigenvalue weighted by atomic mass is 9.89. The topological polar surface area (TPSA) is 46.5 Å². The summed E-state index contributed by atoms with van der Waals surface area (Å²) in [6.07, 6.45) is 0. The smallest absolute Gasteiger partial charge is 0.336 e. The van der Waals surface area contributed by atoms with Gasteiger partial charge in [-0.25, -0.2) is 4.79 Å². The Morgan fingerprint density at radius 2 is 1.75 bits per heavy atom. The van der Waals surface area contributed by atoms with Crippen LogP contribution in [0, 0.1) is 6.92 Å². The van der Waals surface area contributed by atoms with Crippen molar-refractivity contribution in [3.05, 3.63) is 63.6 Å². The van der Waals surface area contributed by atoms with Crippen molar-refractivity contribution in [1.82, 2.24) is 0 Å². The molecular formula is C19H14Cl2O3. The molecule has 0 unspecified atom stereocenters. The van der Waals surface area contributed by atoms with E-state index >= 15 is 0 Å². The number of carboxylic acid groups (broad SMARTS) is 1. The van der Waals surface area contributed by atoms with Crippen molar-refractivity contribution in [3.63, 3.8) is 0 Å². The summed E-state index contributed by atoms with van der Waals surface area (Å²) in [6.45, 7) is 1.73. The van der Waals surface area contributed by atoms with Crippen molar-refractivity contribution < 1.29 is 14.6 Å². The summed E-state index contributed by atoms with van der Waals surface area (Å²) in [5.41, 5.74) is 1.84. The summed E-state index contributed by atoms with van der Waals surface area (Å²) < 4.78 is 5.47. The van der Waals surface area contributed by atoms with Crippen LogP contribution in [0.1, 0.15) is 15.9 Å². The van der Waals surface area contributed by atoms with E-state index in [0.717, 1.165) is 10.8 Å². The molecule has 0 fully saturated rings. The Kier molecular flexibility index (Phi) is 4.39.